The second kappa shape index (κ2) is 13.6. The second-order valence-electron chi connectivity index (χ2n) is 7.18. The van der Waals surface area contributed by atoms with E-state index in [-0.39, 0.29) is 24.1 Å². The van der Waals surface area contributed by atoms with Crippen LogP contribution in [0.4, 0.5) is 0 Å². The van der Waals surface area contributed by atoms with Gasteiger partial charge in [-0.3, -0.25) is 9.59 Å². The normalized spacial score (nSPS) is 11.8. The van der Waals surface area contributed by atoms with E-state index in [1.807, 2.05) is 19.9 Å². The van der Waals surface area contributed by atoms with Gasteiger partial charge in [-0.2, -0.15) is 0 Å². The Balaban J connectivity index is 2.18. The van der Waals surface area contributed by atoms with Crippen LogP contribution in [0.15, 0.2) is 36.4 Å². The van der Waals surface area contributed by atoms with Crippen LogP contribution in [0.5, 0.6) is 0 Å². The van der Waals surface area contributed by atoms with Crippen LogP contribution in [0, 0.1) is 0 Å². The molecule has 174 valence electrons. The SMILES string of the molecule is CCCNC(=O)[C@@H](CC)N(Cc1ccc(Cl)c(Cl)c1)C(=O)CSCc1c(Cl)cccc1Cl. The zero-order chi connectivity index (χ0) is 23.7. The molecule has 0 saturated carbocycles. The highest BCUT2D eigenvalue weighted by Gasteiger charge is 2.28. The predicted molar refractivity (Wildman–Crippen MR) is 137 cm³/mol. The third-order valence-corrected chi connectivity index (χ3v) is 7.20. The zero-order valence-corrected chi connectivity index (χ0v) is 21.8. The number of nitrogens with one attached hydrogen (secondary N) is 1. The summed E-state index contributed by atoms with van der Waals surface area (Å²) < 4.78 is 0. The molecular formula is C23H26Cl4N2O2S. The number of hydrogen-bond acceptors (Lipinski definition) is 3. The summed E-state index contributed by atoms with van der Waals surface area (Å²) in [4.78, 5) is 27.6. The summed E-state index contributed by atoms with van der Waals surface area (Å²) in [5.74, 6) is 0.356. The number of hydrogen-bond donors (Lipinski definition) is 1. The molecular weight excluding hydrogens is 510 g/mol. The van der Waals surface area contributed by atoms with Gasteiger partial charge in [0.25, 0.3) is 0 Å². The fraction of sp³-hybridized carbons (Fsp3) is 0.391. The molecule has 2 amide bonds. The van der Waals surface area contributed by atoms with Crippen molar-refractivity contribution in [2.24, 2.45) is 0 Å². The van der Waals surface area contributed by atoms with Gasteiger partial charge in [-0.05, 0) is 48.2 Å². The predicted octanol–water partition coefficient (Wildman–Crippen LogP) is 6.87. The summed E-state index contributed by atoms with van der Waals surface area (Å²) in [7, 11) is 0. The van der Waals surface area contributed by atoms with Crippen molar-refractivity contribution in [3.8, 4) is 0 Å². The van der Waals surface area contributed by atoms with E-state index in [1.165, 1.54) is 11.8 Å². The van der Waals surface area contributed by atoms with Crippen molar-refractivity contribution < 1.29 is 9.59 Å². The molecule has 2 aromatic carbocycles. The maximum atomic E-state index is 13.2. The summed E-state index contributed by atoms with van der Waals surface area (Å²) >= 11 is 26.1. The summed E-state index contributed by atoms with van der Waals surface area (Å²) in [5, 5.41) is 4.87. The third kappa shape index (κ3) is 7.74. The molecule has 0 heterocycles. The summed E-state index contributed by atoms with van der Waals surface area (Å²) in [6.45, 7) is 4.68. The molecule has 0 aromatic heterocycles. The average molecular weight is 536 g/mol. The van der Waals surface area contributed by atoms with E-state index >= 15 is 0 Å². The smallest absolute Gasteiger partial charge is 0.242 e. The Labute approximate surface area is 213 Å². The Morgan fingerprint density at radius 1 is 1.00 bits per heavy atom. The monoisotopic (exact) mass is 534 g/mol. The van der Waals surface area contributed by atoms with Crippen LogP contribution in [0.3, 0.4) is 0 Å². The van der Waals surface area contributed by atoms with Gasteiger partial charge in [0.2, 0.25) is 11.8 Å². The number of thioether (sulfide) groups is 1. The van der Waals surface area contributed by atoms with Crippen molar-refractivity contribution in [3.63, 3.8) is 0 Å². The Bertz CT molecular complexity index is 922. The minimum atomic E-state index is -0.590. The molecule has 1 atom stereocenters. The van der Waals surface area contributed by atoms with E-state index in [0.717, 1.165) is 17.5 Å². The molecule has 32 heavy (non-hydrogen) atoms. The maximum Gasteiger partial charge on any atom is 0.242 e. The number of carbonyl (C=O) groups excluding carboxylic acids is 2. The molecule has 0 fully saturated rings. The number of carbonyl (C=O) groups is 2. The molecule has 2 rings (SSSR count). The standard InChI is InChI=1S/C23H26Cl4N2O2S/c1-3-10-28-23(31)21(4-2)29(12-15-8-9-19(26)20(27)11-15)22(30)14-32-13-16-17(24)6-5-7-18(16)25/h5-9,11,21H,3-4,10,12-14H2,1-2H3,(H,28,31)/t21-/m1/s1. The fourth-order valence-corrected chi connectivity index (χ4v) is 5.08. The second-order valence-corrected chi connectivity index (χ2v) is 9.79. The summed E-state index contributed by atoms with van der Waals surface area (Å²) in [6, 6.07) is 9.95. The lowest BCUT2D eigenvalue weighted by atomic mass is 10.1. The third-order valence-electron chi connectivity index (χ3n) is 4.81. The average Bonchev–Trinajstić information content (AvgIpc) is 2.76. The molecule has 0 spiro atoms. The molecule has 0 radical (unpaired) electrons. The molecule has 0 aliphatic heterocycles. The molecule has 0 aliphatic carbocycles. The quantitative estimate of drug-likeness (QED) is 0.341. The lowest BCUT2D eigenvalue weighted by Crippen LogP contribution is -2.49. The van der Waals surface area contributed by atoms with Crippen molar-refractivity contribution in [3.05, 3.63) is 67.6 Å². The largest absolute Gasteiger partial charge is 0.354 e. The maximum absolute atomic E-state index is 13.2. The first kappa shape index (κ1) is 27.1. The van der Waals surface area contributed by atoms with Crippen molar-refractivity contribution in [1.29, 1.82) is 0 Å². The van der Waals surface area contributed by atoms with Crippen LogP contribution in [0.2, 0.25) is 20.1 Å². The van der Waals surface area contributed by atoms with Crippen molar-refractivity contribution in [2.45, 2.75) is 45.0 Å². The van der Waals surface area contributed by atoms with Crippen LogP contribution < -0.4 is 5.32 Å². The molecule has 0 bridgehead atoms. The highest BCUT2D eigenvalue weighted by Crippen LogP contribution is 2.29. The van der Waals surface area contributed by atoms with Crippen molar-refractivity contribution in [2.75, 3.05) is 12.3 Å². The van der Waals surface area contributed by atoms with Gasteiger partial charge in [0.15, 0.2) is 0 Å². The van der Waals surface area contributed by atoms with Gasteiger partial charge in [-0.15, -0.1) is 11.8 Å². The number of amides is 2. The highest BCUT2D eigenvalue weighted by molar-refractivity contribution is 7.99. The van der Waals surface area contributed by atoms with Crippen molar-refractivity contribution in [1.82, 2.24) is 10.2 Å². The van der Waals surface area contributed by atoms with Crippen LogP contribution in [0.25, 0.3) is 0 Å². The lowest BCUT2D eigenvalue weighted by Gasteiger charge is -2.30. The fourth-order valence-electron chi connectivity index (χ4n) is 3.11. The molecule has 9 heteroatoms. The summed E-state index contributed by atoms with van der Waals surface area (Å²) in [6.07, 6.45) is 1.31. The number of benzene rings is 2. The first-order valence-electron chi connectivity index (χ1n) is 10.3. The van der Waals surface area contributed by atoms with Crippen molar-refractivity contribution >= 4 is 70.0 Å². The van der Waals surface area contributed by atoms with E-state index in [1.54, 1.807) is 35.2 Å². The molecule has 4 nitrogen and oxygen atoms in total. The topological polar surface area (TPSA) is 49.4 Å². The lowest BCUT2D eigenvalue weighted by molar-refractivity contribution is -0.139. The van der Waals surface area contributed by atoms with Crippen LogP contribution in [-0.2, 0) is 21.9 Å². The van der Waals surface area contributed by atoms with Crippen LogP contribution in [0.1, 0.15) is 37.8 Å². The first-order chi connectivity index (χ1) is 15.3. The zero-order valence-electron chi connectivity index (χ0n) is 18.0. The van der Waals surface area contributed by atoms with Gasteiger partial charge >= 0.3 is 0 Å². The molecule has 2 aromatic rings. The van der Waals surface area contributed by atoms with E-state index < -0.39 is 6.04 Å². The van der Waals surface area contributed by atoms with Gasteiger partial charge in [0.1, 0.15) is 6.04 Å². The summed E-state index contributed by atoms with van der Waals surface area (Å²) in [5.41, 5.74) is 1.59. The Morgan fingerprint density at radius 2 is 1.69 bits per heavy atom. The Kier molecular flexibility index (Phi) is 11.5. The Hall–Kier alpha value is -1.11. The number of rotatable bonds is 11. The van der Waals surface area contributed by atoms with Gasteiger partial charge in [-0.1, -0.05) is 72.4 Å². The molecule has 0 aliphatic rings. The first-order valence-corrected chi connectivity index (χ1v) is 13.0. The van der Waals surface area contributed by atoms with Gasteiger partial charge in [0.05, 0.1) is 15.8 Å². The van der Waals surface area contributed by atoms with Gasteiger partial charge in [-0.25, -0.2) is 0 Å². The molecule has 0 saturated heterocycles. The molecule has 0 unspecified atom stereocenters. The van der Waals surface area contributed by atoms with Gasteiger partial charge < -0.3 is 10.2 Å². The number of halogens is 4. The van der Waals surface area contributed by atoms with Gasteiger partial charge in [0, 0.05) is 28.9 Å². The molecule has 1 N–H and O–H groups in total. The van der Waals surface area contributed by atoms with E-state index in [2.05, 4.69) is 5.32 Å². The minimum Gasteiger partial charge on any atom is -0.354 e. The van der Waals surface area contributed by atoms with E-state index in [0.29, 0.717) is 38.8 Å². The number of nitrogens with zero attached hydrogens (tertiary/aromatic N) is 1. The van der Waals surface area contributed by atoms with E-state index in [4.69, 9.17) is 46.4 Å². The minimum absolute atomic E-state index is 0.150. The Morgan fingerprint density at radius 3 is 2.28 bits per heavy atom. The van der Waals surface area contributed by atoms with Crippen LogP contribution >= 0.6 is 58.2 Å². The van der Waals surface area contributed by atoms with E-state index in [9.17, 15) is 9.59 Å². The highest BCUT2D eigenvalue weighted by atomic mass is 35.5. The van der Waals surface area contributed by atoms with Crippen LogP contribution in [-0.4, -0.2) is 35.1 Å².